The van der Waals surface area contributed by atoms with Crippen molar-refractivity contribution in [2.45, 2.75) is 84.2 Å². The Balaban J connectivity index is 0.884. The molecule has 1 saturated heterocycles. The Labute approximate surface area is 321 Å². The Morgan fingerprint density at radius 3 is 2.63 bits per heavy atom. The minimum atomic E-state index is -0.498. The topological polar surface area (TPSA) is 136 Å². The number of imide groups is 1. The van der Waals surface area contributed by atoms with Crippen molar-refractivity contribution in [3.05, 3.63) is 105 Å². The van der Waals surface area contributed by atoms with Crippen molar-refractivity contribution >= 4 is 68.3 Å². The van der Waals surface area contributed by atoms with E-state index >= 15 is 0 Å². The van der Waals surface area contributed by atoms with E-state index in [4.69, 9.17) is 16.6 Å². The van der Waals surface area contributed by atoms with Gasteiger partial charge in [-0.05, 0) is 94.0 Å². The van der Waals surface area contributed by atoms with E-state index in [1.165, 1.54) is 10.4 Å². The van der Waals surface area contributed by atoms with E-state index in [0.29, 0.717) is 30.2 Å². The van der Waals surface area contributed by atoms with Crippen molar-refractivity contribution in [1.82, 2.24) is 34.9 Å². The smallest absolute Gasteiger partial charge is 0.249 e. The van der Waals surface area contributed by atoms with Crippen LogP contribution in [0.4, 0.5) is 0 Å². The molecule has 1 unspecified atom stereocenters. The quantitative estimate of drug-likeness (QED) is 0.103. The Morgan fingerprint density at radius 1 is 1.00 bits per heavy atom. The van der Waals surface area contributed by atoms with Gasteiger partial charge in [-0.3, -0.25) is 29.3 Å². The van der Waals surface area contributed by atoms with Crippen LogP contribution in [0.5, 0.6) is 0 Å². The lowest BCUT2D eigenvalue weighted by atomic mass is 9.99. The van der Waals surface area contributed by atoms with Gasteiger partial charge in [0.2, 0.25) is 17.7 Å². The molecule has 2 N–H and O–H groups in total. The number of rotatable bonds is 11. The van der Waals surface area contributed by atoms with E-state index in [0.717, 1.165) is 87.3 Å². The fraction of sp³-hybridized carbons (Fsp3) is 0.341. The number of pyridine rings is 1. The predicted octanol–water partition coefficient (Wildman–Crippen LogP) is 7.59. The van der Waals surface area contributed by atoms with Crippen LogP contribution < -0.4 is 10.6 Å². The maximum absolute atomic E-state index is 13.4. The number of benzene rings is 2. The fourth-order valence-electron chi connectivity index (χ4n) is 7.74. The summed E-state index contributed by atoms with van der Waals surface area (Å²) in [5.74, 6) is 0.862. The second kappa shape index (κ2) is 14.9. The Morgan fingerprint density at radius 2 is 1.81 bits per heavy atom. The van der Waals surface area contributed by atoms with E-state index in [-0.39, 0.29) is 24.1 Å². The van der Waals surface area contributed by atoms with Crippen LogP contribution in [0, 0.1) is 20.8 Å². The average molecular weight is 761 g/mol. The van der Waals surface area contributed by atoms with Crippen molar-refractivity contribution in [2.24, 2.45) is 4.99 Å². The lowest BCUT2D eigenvalue weighted by Gasteiger charge is -2.23. The van der Waals surface area contributed by atoms with Crippen LogP contribution in [-0.2, 0) is 20.8 Å². The molecule has 2 aliphatic rings. The third-order valence-electron chi connectivity index (χ3n) is 10.6. The third-order valence-corrected chi connectivity index (χ3v) is 12.0. The summed E-state index contributed by atoms with van der Waals surface area (Å²) < 4.78 is 4.05. The molecule has 2 aromatic carbocycles. The molecule has 11 nitrogen and oxygen atoms in total. The molecule has 54 heavy (non-hydrogen) atoms. The lowest BCUT2D eigenvalue weighted by molar-refractivity contribution is -0.135. The number of carbonyl (C=O) groups excluding carboxylic acids is 3. The summed E-state index contributed by atoms with van der Waals surface area (Å²) in [4.78, 5) is 49.0. The zero-order valence-corrected chi connectivity index (χ0v) is 32.1. The zero-order valence-electron chi connectivity index (χ0n) is 30.5. The highest BCUT2D eigenvalue weighted by Crippen LogP contribution is 2.40. The molecule has 0 radical (unpaired) electrons. The molecule has 0 spiro atoms. The SMILES string of the molecule is Cc1sc2c(c1C)C(c1ccc(Cl)cc1)=N[C@@H](CC(=O)NCCCCCCc1ccc3c(c1)c1cccnc1n3C1CCC(=O)NC1=O)c1nnc(C)n1-2. The number of hydrogen-bond acceptors (Lipinski definition) is 8. The Hall–Kier alpha value is -5.20. The molecule has 276 valence electrons. The van der Waals surface area contributed by atoms with Crippen molar-refractivity contribution in [3.63, 3.8) is 0 Å². The monoisotopic (exact) mass is 760 g/mol. The third kappa shape index (κ3) is 6.73. The molecular formula is C41H41ClN8O3S. The Bertz CT molecular complexity index is 2460. The number of aryl methyl sites for hydroxylation is 3. The molecule has 2 aliphatic heterocycles. The molecule has 0 saturated carbocycles. The summed E-state index contributed by atoms with van der Waals surface area (Å²) in [7, 11) is 0. The number of nitrogens with zero attached hydrogens (tertiary/aromatic N) is 6. The van der Waals surface area contributed by atoms with Gasteiger partial charge in [0.15, 0.2) is 5.82 Å². The van der Waals surface area contributed by atoms with Crippen LogP contribution in [0.25, 0.3) is 26.9 Å². The van der Waals surface area contributed by atoms with Crippen molar-refractivity contribution in [3.8, 4) is 5.00 Å². The normalized spacial score (nSPS) is 16.9. The van der Waals surface area contributed by atoms with Gasteiger partial charge in [0, 0.05) is 51.0 Å². The summed E-state index contributed by atoms with van der Waals surface area (Å²) in [5.41, 5.74) is 6.91. The van der Waals surface area contributed by atoms with E-state index < -0.39 is 12.1 Å². The number of aliphatic imine (C=N–C) groups is 1. The largest absolute Gasteiger partial charge is 0.356 e. The summed E-state index contributed by atoms with van der Waals surface area (Å²) >= 11 is 7.93. The maximum Gasteiger partial charge on any atom is 0.249 e. The number of aromatic nitrogens is 5. The van der Waals surface area contributed by atoms with Crippen molar-refractivity contribution in [1.29, 1.82) is 0 Å². The molecule has 1 fully saturated rings. The molecule has 4 aromatic heterocycles. The number of carbonyl (C=O) groups is 3. The highest BCUT2D eigenvalue weighted by molar-refractivity contribution is 7.15. The van der Waals surface area contributed by atoms with Gasteiger partial charge in [0.25, 0.3) is 0 Å². The van der Waals surface area contributed by atoms with Gasteiger partial charge in [0.05, 0.1) is 17.6 Å². The van der Waals surface area contributed by atoms with Crippen LogP contribution in [0.3, 0.4) is 0 Å². The number of unbranched alkanes of at least 4 members (excludes halogenated alkanes) is 3. The molecule has 6 aromatic rings. The number of hydrogen-bond donors (Lipinski definition) is 2. The van der Waals surface area contributed by atoms with Gasteiger partial charge >= 0.3 is 0 Å². The van der Waals surface area contributed by atoms with Gasteiger partial charge in [0.1, 0.15) is 28.6 Å². The minimum Gasteiger partial charge on any atom is -0.356 e. The van der Waals surface area contributed by atoms with Crippen LogP contribution in [0.2, 0.25) is 5.02 Å². The van der Waals surface area contributed by atoms with Crippen LogP contribution in [0.1, 0.15) is 95.8 Å². The molecule has 2 atom stereocenters. The first-order chi connectivity index (χ1) is 26.2. The van der Waals surface area contributed by atoms with Crippen molar-refractivity contribution < 1.29 is 14.4 Å². The van der Waals surface area contributed by atoms with Gasteiger partial charge in [-0.2, -0.15) is 0 Å². The molecular weight excluding hydrogens is 720 g/mol. The number of thiophene rings is 1. The van der Waals surface area contributed by atoms with E-state index in [2.05, 4.69) is 62.4 Å². The Kier molecular flexibility index (Phi) is 9.89. The predicted molar refractivity (Wildman–Crippen MR) is 212 cm³/mol. The molecule has 6 heterocycles. The highest BCUT2D eigenvalue weighted by Gasteiger charge is 2.33. The van der Waals surface area contributed by atoms with Gasteiger partial charge in [-0.15, -0.1) is 21.5 Å². The highest BCUT2D eigenvalue weighted by atomic mass is 35.5. The summed E-state index contributed by atoms with van der Waals surface area (Å²) in [6.45, 7) is 6.76. The van der Waals surface area contributed by atoms with Crippen LogP contribution >= 0.6 is 22.9 Å². The first-order valence-corrected chi connectivity index (χ1v) is 19.7. The molecule has 3 amide bonds. The lowest BCUT2D eigenvalue weighted by Crippen LogP contribution is -2.41. The molecule has 0 bridgehead atoms. The standard InChI is InChI=1S/C41H41ClN8O3S/c1-23-24(2)54-41-36(23)37(27-12-14-28(42)15-13-27)45-31(39-48-47-25(3)49(39)41)22-35(52)43-19-7-5-4-6-9-26-11-16-32-30(21-26)29-10-8-20-44-38(29)50(32)33-17-18-34(51)46-40(33)53/h8,10-16,20-21,31,33H,4-7,9,17-19,22H2,1-3H3,(H,43,52)(H,46,51,53)/t31-,33?/m0/s1. The minimum absolute atomic E-state index is 0.0659. The summed E-state index contributed by atoms with van der Waals surface area (Å²) in [6, 6.07) is 17.1. The molecule has 8 rings (SSSR count). The number of piperidine rings is 1. The zero-order chi connectivity index (χ0) is 37.5. The van der Waals surface area contributed by atoms with E-state index in [9.17, 15) is 14.4 Å². The van der Waals surface area contributed by atoms with Gasteiger partial charge in [-0.1, -0.05) is 42.6 Å². The van der Waals surface area contributed by atoms with Gasteiger partial charge in [-0.25, -0.2) is 4.98 Å². The first-order valence-electron chi connectivity index (χ1n) is 18.5. The van der Waals surface area contributed by atoms with Crippen LogP contribution in [0.15, 0.2) is 65.8 Å². The number of halogens is 1. The van der Waals surface area contributed by atoms with Gasteiger partial charge < -0.3 is 9.88 Å². The first kappa shape index (κ1) is 35.8. The summed E-state index contributed by atoms with van der Waals surface area (Å²) in [6.07, 6.45) is 7.54. The second-order valence-electron chi connectivity index (χ2n) is 14.2. The summed E-state index contributed by atoms with van der Waals surface area (Å²) in [5, 5.41) is 18.3. The van der Waals surface area contributed by atoms with Crippen LogP contribution in [-0.4, -0.2) is 54.3 Å². The average Bonchev–Trinajstić information content (AvgIpc) is 3.77. The molecule has 13 heteroatoms. The number of nitrogens with one attached hydrogen (secondary N) is 2. The van der Waals surface area contributed by atoms with E-state index in [1.807, 2.05) is 47.9 Å². The maximum atomic E-state index is 13.4. The fourth-order valence-corrected chi connectivity index (χ4v) is 9.08. The number of fused-ring (bicyclic) bond motifs is 6. The van der Waals surface area contributed by atoms with E-state index in [1.54, 1.807) is 17.5 Å². The second-order valence-corrected chi connectivity index (χ2v) is 15.8. The van der Waals surface area contributed by atoms with Crippen molar-refractivity contribution in [2.75, 3.05) is 6.54 Å². The molecule has 0 aliphatic carbocycles. The number of amides is 3.